The molecule has 0 bridgehead atoms. The second-order valence-electron chi connectivity index (χ2n) is 10.8. The third-order valence-corrected chi connectivity index (χ3v) is 8.42. The van der Waals surface area contributed by atoms with Crippen LogP contribution in [0.4, 0.5) is 26.3 Å². The molecular weight excluding hydrogens is 623 g/mol. The Hall–Kier alpha value is -2.90. The Morgan fingerprint density at radius 1 is 1.14 bits per heavy atom. The number of fused-ring (bicyclic) bond motifs is 1. The number of carbonyl (C=O) groups is 1. The van der Waals surface area contributed by atoms with Gasteiger partial charge in [-0.25, -0.2) is 19.4 Å². The predicted molar refractivity (Wildman–Crippen MR) is 150 cm³/mol. The summed E-state index contributed by atoms with van der Waals surface area (Å²) >= 11 is 12.4. The van der Waals surface area contributed by atoms with E-state index in [4.69, 9.17) is 33.1 Å². The summed E-state index contributed by atoms with van der Waals surface area (Å²) in [6.45, 7) is 7.38. The number of halogens is 8. The van der Waals surface area contributed by atoms with Crippen molar-refractivity contribution < 1.29 is 36.2 Å². The predicted octanol–water partition coefficient (Wildman–Crippen LogP) is 8.06. The molecule has 5 rings (SSSR count). The number of alkyl halides is 6. The minimum atomic E-state index is -5.08. The number of aromatic nitrogens is 4. The zero-order valence-corrected chi connectivity index (χ0v) is 24.9. The summed E-state index contributed by atoms with van der Waals surface area (Å²) in [5.41, 5.74) is 0.964. The van der Waals surface area contributed by atoms with Gasteiger partial charge in [-0.2, -0.15) is 31.4 Å². The van der Waals surface area contributed by atoms with Crippen molar-refractivity contribution in [3.63, 3.8) is 0 Å². The van der Waals surface area contributed by atoms with Crippen LogP contribution in [0.25, 0.3) is 16.7 Å². The van der Waals surface area contributed by atoms with Crippen molar-refractivity contribution in [1.29, 1.82) is 0 Å². The number of aliphatic carboxylic acids is 1. The molecule has 0 amide bonds. The first-order valence-corrected chi connectivity index (χ1v) is 14.3. The Balaban J connectivity index is 0.000000541. The van der Waals surface area contributed by atoms with Crippen molar-refractivity contribution in [3.05, 3.63) is 57.5 Å². The van der Waals surface area contributed by atoms with Crippen LogP contribution in [-0.2, 0) is 11.0 Å². The first-order chi connectivity index (χ1) is 20.0. The lowest BCUT2D eigenvalue weighted by atomic mass is 9.83. The zero-order valence-electron chi connectivity index (χ0n) is 23.3. The lowest BCUT2D eigenvalue weighted by Crippen LogP contribution is -2.42. The first kappa shape index (κ1) is 33.0. The van der Waals surface area contributed by atoms with Gasteiger partial charge in [-0.1, -0.05) is 42.3 Å². The van der Waals surface area contributed by atoms with Gasteiger partial charge in [-0.3, -0.25) is 4.90 Å². The highest BCUT2D eigenvalue weighted by atomic mass is 35.5. The van der Waals surface area contributed by atoms with Crippen molar-refractivity contribution >= 4 is 45.9 Å². The lowest BCUT2D eigenvalue weighted by molar-refractivity contribution is -0.192. The lowest BCUT2D eigenvalue weighted by Gasteiger charge is -2.38. The molecule has 43 heavy (non-hydrogen) atoms. The maximum absolute atomic E-state index is 13.9. The number of carboxylic acid groups (broad SMARTS) is 1. The quantitative estimate of drug-likeness (QED) is 0.287. The molecule has 0 saturated carbocycles. The average molecular weight is 652 g/mol. The minimum absolute atomic E-state index is 0.0854. The molecule has 2 aliphatic rings. The maximum Gasteiger partial charge on any atom is 0.490 e. The van der Waals surface area contributed by atoms with E-state index < -0.39 is 30.1 Å². The van der Waals surface area contributed by atoms with Gasteiger partial charge in [0.25, 0.3) is 0 Å². The van der Waals surface area contributed by atoms with Crippen LogP contribution in [-0.4, -0.2) is 60.5 Å². The molecule has 15 heteroatoms. The molecule has 1 saturated heterocycles. The number of hydrogen-bond donors (Lipinski definition) is 1. The van der Waals surface area contributed by atoms with Gasteiger partial charge in [0, 0.05) is 22.1 Å². The van der Waals surface area contributed by atoms with E-state index in [1.165, 1.54) is 23.7 Å². The molecule has 0 spiro atoms. The molecule has 0 radical (unpaired) electrons. The molecular formula is C28H29Cl2F6N5O2. The fraction of sp³-hybridized carbons (Fsp3) is 0.500. The number of benzene rings is 1. The van der Waals surface area contributed by atoms with E-state index in [9.17, 15) is 26.3 Å². The van der Waals surface area contributed by atoms with Crippen LogP contribution in [0.5, 0.6) is 0 Å². The third kappa shape index (κ3) is 7.26. The van der Waals surface area contributed by atoms with Crippen molar-refractivity contribution in [3.8, 4) is 0 Å². The number of likely N-dealkylation sites (tertiary alicyclic amines) is 1. The van der Waals surface area contributed by atoms with Gasteiger partial charge in [0.15, 0.2) is 11.3 Å². The van der Waals surface area contributed by atoms with Crippen molar-refractivity contribution in [2.24, 2.45) is 5.92 Å². The Kier molecular flexibility index (Phi) is 9.68. The number of hydrogen-bond acceptors (Lipinski definition) is 5. The smallest absolute Gasteiger partial charge is 0.475 e. The third-order valence-electron chi connectivity index (χ3n) is 7.86. The van der Waals surface area contributed by atoms with E-state index in [2.05, 4.69) is 39.9 Å². The minimum Gasteiger partial charge on any atom is -0.475 e. The van der Waals surface area contributed by atoms with Crippen molar-refractivity contribution in [2.45, 2.75) is 76.9 Å². The molecule has 2 unspecified atom stereocenters. The topological polar surface area (TPSA) is 84.1 Å². The molecule has 2 aromatic heterocycles. The maximum atomic E-state index is 13.9. The molecule has 1 aliphatic carbocycles. The fourth-order valence-corrected chi connectivity index (χ4v) is 6.24. The van der Waals surface area contributed by atoms with Gasteiger partial charge in [0.2, 0.25) is 0 Å². The summed E-state index contributed by atoms with van der Waals surface area (Å²) in [6, 6.07) is 5.35. The van der Waals surface area contributed by atoms with Crippen LogP contribution < -0.4 is 0 Å². The number of nitrogens with zero attached hydrogens (tertiary/aromatic N) is 5. The van der Waals surface area contributed by atoms with Gasteiger partial charge in [0.1, 0.15) is 5.52 Å². The van der Waals surface area contributed by atoms with E-state index in [0.29, 0.717) is 39.3 Å². The Bertz CT molecular complexity index is 1520. The summed E-state index contributed by atoms with van der Waals surface area (Å²) in [7, 11) is 0. The Morgan fingerprint density at radius 2 is 1.81 bits per heavy atom. The van der Waals surface area contributed by atoms with Gasteiger partial charge in [0.05, 0.1) is 17.9 Å². The highest BCUT2D eigenvalue weighted by Gasteiger charge is 2.40. The summed E-state index contributed by atoms with van der Waals surface area (Å²) in [6.07, 6.45) is -1.98. The van der Waals surface area contributed by atoms with Crippen molar-refractivity contribution in [2.75, 3.05) is 6.54 Å². The monoisotopic (exact) mass is 651 g/mol. The number of rotatable bonds is 4. The molecule has 234 valence electrons. The van der Waals surface area contributed by atoms with Crippen LogP contribution in [0.1, 0.15) is 69.4 Å². The van der Waals surface area contributed by atoms with Gasteiger partial charge >= 0.3 is 18.3 Å². The molecule has 3 aromatic rings. The fourth-order valence-electron chi connectivity index (χ4n) is 5.68. The number of carboxylic acids is 1. The van der Waals surface area contributed by atoms with Crippen LogP contribution >= 0.6 is 23.2 Å². The molecule has 3 heterocycles. The molecule has 1 aromatic carbocycles. The van der Waals surface area contributed by atoms with Gasteiger partial charge in [-0.15, -0.1) is 0 Å². The highest BCUT2D eigenvalue weighted by molar-refractivity contribution is 6.35. The second kappa shape index (κ2) is 12.6. The largest absolute Gasteiger partial charge is 0.490 e. The summed E-state index contributed by atoms with van der Waals surface area (Å²) < 4.78 is 74.6. The molecule has 1 fully saturated rings. The van der Waals surface area contributed by atoms with E-state index in [0.717, 1.165) is 25.0 Å². The Labute approximate surface area is 253 Å². The van der Waals surface area contributed by atoms with E-state index in [1.54, 1.807) is 25.1 Å². The van der Waals surface area contributed by atoms with E-state index in [1.807, 2.05) is 0 Å². The van der Waals surface area contributed by atoms with Crippen molar-refractivity contribution in [1.82, 2.24) is 24.6 Å². The summed E-state index contributed by atoms with van der Waals surface area (Å²) in [5.74, 6) is -2.35. The molecule has 4 atom stereocenters. The second-order valence-corrected chi connectivity index (χ2v) is 11.6. The van der Waals surface area contributed by atoms with Crippen LogP contribution in [0.15, 0.2) is 30.5 Å². The highest BCUT2D eigenvalue weighted by Crippen LogP contribution is 2.39. The molecule has 1 N–H and O–H groups in total. The average Bonchev–Trinajstić information content (AvgIpc) is 3.51. The number of allylic oxidation sites excluding steroid dienone is 1. The van der Waals surface area contributed by atoms with Crippen LogP contribution in [0.2, 0.25) is 10.0 Å². The standard InChI is InChI=1S/C26H28Cl2F3N5.C2HF3O2/c1-14-11-17(6-9-22(14)35-10-4-5-15(35)2)21-13-32-23-24(26(29,30)31)34-36(25(23)33-21)16(3)19-8-7-18(27)12-20(19)28;3-2(4,5)1(6)7/h6-8,12-16,22H,4-5,9-11H2,1-3H3;(H,6,7)/t14?,15-,16-,22?;/m1./s1. The Morgan fingerprint density at radius 3 is 2.35 bits per heavy atom. The van der Waals surface area contributed by atoms with E-state index >= 15 is 0 Å². The van der Waals surface area contributed by atoms with Crippen LogP contribution in [0, 0.1) is 5.92 Å². The first-order valence-electron chi connectivity index (χ1n) is 13.5. The molecule has 1 aliphatic heterocycles. The normalized spacial score (nSPS) is 22.2. The summed E-state index contributed by atoms with van der Waals surface area (Å²) in [4.78, 5) is 20.4. The summed E-state index contributed by atoms with van der Waals surface area (Å²) in [5, 5.41) is 11.8. The van der Waals surface area contributed by atoms with Gasteiger partial charge < -0.3 is 5.11 Å². The molecule has 7 nitrogen and oxygen atoms in total. The van der Waals surface area contributed by atoms with Gasteiger partial charge in [-0.05, 0) is 75.3 Å². The van der Waals surface area contributed by atoms with E-state index in [-0.39, 0.29) is 11.2 Å². The zero-order chi connectivity index (χ0) is 31.9. The van der Waals surface area contributed by atoms with Crippen LogP contribution in [0.3, 0.4) is 0 Å². The SMILES string of the molecule is CC1CC(c2cnc3c(C(F)(F)F)nn([C@H](C)c4ccc(Cl)cc4Cl)c3n2)=CCC1N1CCC[C@H]1C.O=C(O)C(F)(F)F.